The molecule has 5 aliphatic rings. The number of benzene rings is 4. The number of amides is 5. The van der Waals surface area contributed by atoms with Crippen LogP contribution in [0.2, 0.25) is 0 Å². The minimum atomic E-state index is -4.01. The number of nitrogens with zero attached hydrogens (tertiary/aromatic N) is 7. The second-order valence-corrected chi connectivity index (χ2v) is 27.7. The number of rotatable bonds is 16. The van der Waals surface area contributed by atoms with Crippen molar-refractivity contribution in [2.24, 2.45) is 0 Å². The lowest BCUT2D eigenvalue weighted by molar-refractivity contribution is -0.142. The van der Waals surface area contributed by atoms with Gasteiger partial charge in [0.1, 0.15) is 18.0 Å². The van der Waals surface area contributed by atoms with Gasteiger partial charge in [0.15, 0.2) is 0 Å². The molecule has 0 unspecified atom stereocenters. The predicted octanol–water partition coefficient (Wildman–Crippen LogP) is 7.83. The average Bonchev–Trinajstić information content (AvgIpc) is 1.60. The molecule has 2 aromatic heterocycles. The summed E-state index contributed by atoms with van der Waals surface area (Å²) in [6.07, 6.45) is 15.5. The third-order valence-electron chi connectivity index (χ3n) is 17.7. The summed E-state index contributed by atoms with van der Waals surface area (Å²) in [5, 5.41) is 11.2. The first-order chi connectivity index (χ1) is 42.4. The largest absolute Gasteiger partial charge is 0.497 e. The zero-order valence-corrected chi connectivity index (χ0v) is 53.2. The van der Waals surface area contributed by atoms with E-state index in [-0.39, 0.29) is 54.4 Å². The van der Waals surface area contributed by atoms with Crippen molar-refractivity contribution < 1.29 is 60.2 Å². The maximum Gasteiger partial charge on any atom is 0.323 e. The first kappa shape index (κ1) is 63.7. The smallest absolute Gasteiger partial charge is 0.323 e. The van der Waals surface area contributed by atoms with Crippen molar-refractivity contribution in [2.75, 3.05) is 82.7 Å². The van der Waals surface area contributed by atoms with Crippen LogP contribution in [-0.2, 0) is 52.7 Å². The van der Waals surface area contributed by atoms with Gasteiger partial charge in [-0.3, -0.25) is 28.8 Å². The summed E-state index contributed by atoms with van der Waals surface area (Å²) in [6, 6.07) is 22.0. The van der Waals surface area contributed by atoms with E-state index >= 15 is 0 Å². The van der Waals surface area contributed by atoms with Crippen molar-refractivity contribution in [3.63, 3.8) is 0 Å². The van der Waals surface area contributed by atoms with Gasteiger partial charge in [0, 0.05) is 111 Å². The van der Waals surface area contributed by atoms with Crippen LogP contribution in [0.5, 0.6) is 11.5 Å². The average molecular weight is 1260 g/mol. The molecule has 89 heavy (non-hydrogen) atoms. The van der Waals surface area contributed by atoms with Crippen LogP contribution in [0.15, 0.2) is 83.9 Å². The SMILES string of the molecule is COc1ccc2c(c1)C=C(C(=O)N(C)CC(=O)N1CCC1)Cn1c-2c(C2CCCCC2)c2ccc(C(=O)NS(=O)(=O)N(C)C)cc21.COc1ccc2c(c1)C=C(C(=O)N(C)CC(=O)O)Cn1c-2c(C2CCCCC2)c2ccc(C(=O)NS(=O)(=O)N(C)C)cc21. The Morgan fingerprint density at radius 1 is 0.539 bits per heavy atom. The molecule has 0 bridgehead atoms. The van der Waals surface area contributed by atoms with Crippen LogP contribution in [0.3, 0.4) is 0 Å². The van der Waals surface area contributed by atoms with Crippen molar-refractivity contribution in [3.05, 3.63) is 117 Å². The normalized spacial score (nSPS) is 16.0. The number of likely N-dealkylation sites (N-methyl/N-ethyl adjacent to an activating group) is 2. The van der Waals surface area contributed by atoms with E-state index in [1.807, 2.05) is 59.2 Å². The zero-order valence-electron chi connectivity index (χ0n) is 51.6. The molecule has 5 amide bonds. The molecular formula is C65H77N9O13S2. The number of nitrogens with one attached hydrogen (secondary N) is 2. The van der Waals surface area contributed by atoms with E-state index in [9.17, 15) is 50.7 Å². The van der Waals surface area contributed by atoms with Crippen LogP contribution in [0.1, 0.15) is 125 Å². The second-order valence-electron chi connectivity index (χ2n) is 24.0. The fourth-order valence-electron chi connectivity index (χ4n) is 12.9. The highest BCUT2D eigenvalue weighted by atomic mass is 32.2. The molecular weight excluding hydrogens is 1180 g/mol. The molecule has 2 saturated carbocycles. The van der Waals surface area contributed by atoms with Crippen molar-refractivity contribution in [1.82, 2.24) is 41.9 Å². The van der Waals surface area contributed by atoms with Crippen LogP contribution >= 0.6 is 0 Å². The first-order valence-corrected chi connectivity index (χ1v) is 32.9. The van der Waals surface area contributed by atoms with Gasteiger partial charge in [0.25, 0.3) is 23.6 Å². The van der Waals surface area contributed by atoms with Gasteiger partial charge in [-0.1, -0.05) is 50.7 Å². The van der Waals surface area contributed by atoms with Gasteiger partial charge >= 0.3 is 26.4 Å². The lowest BCUT2D eigenvalue weighted by atomic mass is 9.81. The number of hydrogen-bond donors (Lipinski definition) is 3. The molecule has 24 heteroatoms. The van der Waals surface area contributed by atoms with E-state index in [1.165, 1.54) is 58.5 Å². The summed E-state index contributed by atoms with van der Waals surface area (Å²) < 4.78 is 71.0. The number of fused-ring (bicyclic) bond motifs is 10. The quantitative estimate of drug-likeness (QED) is 0.0836. The third kappa shape index (κ3) is 13.1. The summed E-state index contributed by atoms with van der Waals surface area (Å²) in [4.78, 5) is 82.6. The third-order valence-corrected chi connectivity index (χ3v) is 20.5. The molecule has 6 aromatic rings. The summed E-state index contributed by atoms with van der Waals surface area (Å²) >= 11 is 0. The summed E-state index contributed by atoms with van der Waals surface area (Å²) in [5.74, 6) is -1.58. The van der Waals surface area contributed by atoms with Crippen molar-refractivity contribution in [1.29, 1.82) is 0 Å². The van der Waals surface area contributed by atoms with Crippen LogP contribution in [0.25, 0.3) is 56.5 Å². The molecule has 3 aliphatic heterocycles. The second kappa shape index (κ2) is 26.0. The van der Waals surface area contributed by atoms with Crippen molar-refractivity contribution in [2.45, 2.75) is 95.6 Å². The van der Waals surface area contributed by atoms with Gasteiger partial charge in [0.05, 0.1) is 45.2 Å². The predicted molar refractivity (Wildman–Crippen MR) is 340 cm³/mol. The van der Waals surface area contributed by atoms with Gasteiger partial charge in [-0.2, -0.15) is 25.4 Å². The monoisotopic (exact) mass is 1260 g/mol. The molecule has 2 aliphatic carbocycles. The Labute approximate surface area is 519 Å². The Bertz CT molecular complexity index is 4130. The Balaban J connectivity index is 0.000000197. The highest BCUT2D eigenvalue weighted by Crippen LogP contribution is 2.49. The molecule has 22 nitrogen and oxygen atoms in total. The summed E-state index contributed by atoms with van der Waals surface area (Å²) in [6.45, 7) is 1.28. The fraction of sp³-hybridized carbons (Fsp3) is 0.415. The number of ether oxygens (including phenoxy) is 2. The van der Waals surface area contributed by atoms with Gasteiger partial charge in [-0.15, -0.1) is 0 Å². The van der Waals surface area contributed by atoms with E-state index in [4.69, 9.17) is 9.47 Å². The molecule has 1 saturated heterocycles. The standard InChI is InChI=1S/C34H41N5O6S.C31H36N4O7S/c1-36(2)46(43,44)35-33(41)23-11-13-28-29(19-23)39-20-25(34(42)37(3)21-30(40)38-15-8-16-38)17-24-18-26(45-4)12-14-27(24)32(39)31(28)22-9-6-5-7-10-22;1-33(2)43(40,41)32-30(38)20-10-12-25-26(16-20)35-17-22(31(39)34(3)18-27(36)37)14-21-15-23(42-4)11-13-24(21)29(35)28(25)19-8-6-5-7-9-19/h11-14,17-19,22H,5-10,15-16,20-21H2,1-4H3,(H,35,41);10-16,19H,5-9,17-18H2,1-4H3,(H,32,38)(H,36,37). The van der Waals surface area contributed by atoms with Crippen LogP contribution < -0.4 is 18.9 Å². The lowest BCUT2D eigenvalue weighted by Crippen LogP contribution is -2.47. The number of carbonyl (C=O) groups is 6. The van der Waals surface area contributed by atoms with E-state index in [1.54, 1.807) is 56.5 Å². The number of methoxy groups -OCH3 is 2. The Kier molecular flexibility index (Phi) is 18.6. The van der Waals surface area contributed by atoms with Crippen LogP contribution in [-0.4, -0.2) is 173 Å². The Morgan fingerprint density at radius 3 is 1.30 bits per heavy atom. The van der Waals surface area contributed by atoms with Gasteiger partial charge in [-0.05, 0) is 139 Å². The molecule has 472 valence electrons. The van der Waals surface area contributed by atoms with Gasteiger partial charge < -0.3 is 38.4 Å². The number of aliphatic carboxylic acids is 1. The Hall–Kier alpha value is -8.32. The van der Waals surface area contributed by atoms with Crippen molar-refractivity contribution >= 4 is 89.9 Å². The first-order valence-electron chi connectivity index (χ1n) is 30.0. The number of carboxylic acids is 1. The van der Waals surface area contributed by atoms with E-state index < -0.39 is 50.7 Å². The maximum absolute atomic E-state index is 14.0. The van der Waals surface area contributed by atoms with Gasteiger partial charge in [-0.25, -0.2) is 9.44 Å². The number of aromatic nitrogens is 2. The molecule has 0 radical (unpaired) electrons. The van der Waals surface area contributed by atoms with E-state index in [0.717, 1.165) is 127 Å². The minimum Gasteiger partial charge on any atom is -0.497 e. The highest BCUT2D eigenvalue weighted by Gasteiger charge is 2.35. The Morgan fingerprint density at radius 2 is 0.944 bits per heavy atom. The fourth-order valence-corrected chi connectivity index (χ4v) is 13.9. The van der Waals surface area contributed by atoms with Crippen LogP contribution in [0.4, 0.5) is 0 Å². The van der Waals surface area contributed by atoms with Crippen LogP contribution in [0, 0.1) is 0 Å². The molecule has 4 aromatic carbocycles. The zero-order chi connectivity index (χ0) is 63.8. The molecule has 0 spiro atoms. The van der Waals surface area contributed by atoms with Gasteiger partial charge in [0.2, 0.25) is 5.91 Å². The van der Waals surface area contributed by atoms with E-state index in [0.29, 0.717) is 41.3 Å². The number of likely N-dealkylation sites (tertiary alicyclic amines) is 1. The maximum atomic E-state index is 14.0. The molecule has 3 fully saturated rings. The highest BCUT2D eigenvalue weighted by molar-refractivity contribution is 7.88. The van der Waals surface area contributed by atoms with E-state index in [2.05, 4.69) is 14.0 Å². The van der Waals surface area contributed by atoms with Crippen molar-refractivity contribution in [3.8, 4) is 34.0 Å². The number of carboxylic acid groups (broad SMARTS) is 1. The molecule has 11 rings (SSSR count). The molecule has 5 heterocycles. The molecule has 0 atom stereocenters. The number of hydrogen-bond acceptors (Lipinski definition) is 12. The minimum absolute atomic E-state index is 0.0155. The number of carbonyl (C=O) groups excluding carboxylic acids is 5. The lowest BCUT2D eigenvalue weighted by Gasteiger charge is -2.32. The topological polar surface area (TPSA) is 260 Å². The summed E-state index contributed by atoms with van der Waals surface area (Å²) in [7, 11) is 3.64. The summed E-state index contributed by atoms with van der Waals surface area (Å²) in [5.41, 5.74) is 10.3. The molecule has 3 N–H and O–H groups in total.